The maximum absolute atomic E-state index is 13.9. The summed E-state index contributed by atoms with van der Waals surface area (Å²) in [5.41, 5.74) is 11.9. The molecule has 0 radical (unpaired) electrons. The predicted octanol–water partition coefficient (Wildman–Crippen LogP) is 6.28. The summed E-state index contributed by atoms with van der Waals surface area (Å²) in [7, 11) is 0. The van der Waals surface area contributed by atoms with E-state index < -0.39 is 5.91 Å². The van der Waals surface area contributed by atoms with Gasteiger partial charge < -0.3 is 25.7 Å². The molecule has 1 amide bonds. The number of carbonyl (C=O) groups excluding carboxylic acids is 1. The van der Waals surface area contributed by atoms with Crippen molar-refractivity contribution >= 4 is 44.4 Å². The van der Waals surface area contributed by atoms with Crippen LogP contribution in [0.4, 0.5) is 10.1 Å². The summed E-state index contributed by atoms with van der Waals surface area (Å²) in [5, 5.41) is 15.8. The fourth-order valence-corrected chi connectivity index (χ4v) is 6.12. The summed E-state index contributed by atoms with van der Waals surface area (Å²) in [4.78, 5) is 20.4. The standard InChI is InChI=1S/C32H28FN5O2/c33-18-11-14-25-27(15-18)37-32(36-25)24-8-4-10-29-30(24)23-7-1-2-9-28(23)38(29)20-12-13-22(31(34)40)26(17-20)35-19-5-3-6-21(39)16-19/h1-2,4,7-15,17,19,21,35,39H,3,5-6,16H2,(H2,34,40)(H,36,37). The molecule has 0 spiro atoms. The number of aliphatic hydroxyl groups is 1. The number of carbonyl (C=O) groups is 1. The third kappa shape index (κ3) is 4.08. The number of hydrogen-bond donors (Lipinski definition) is 4. The van der Waals surface area contributed by atoms with Crippen molar-refractivity contribution in [3.8, 4) is 17.1 Å². The van der Waals surface area contributed by atoms with Crippen LogP contribution in [0.25, 0.3) is 49.9 Å². The SMILES string of the molecule is NC(=O)c1ccc(-n2c3ccccc3c3c(-c4nc5ccc(F)cc5[nH]4)cccc32)cc1NC1CCCC(O)C1. The zero-order valence-corrected chi connectivity index (χ0v) is 21.7. The Morgan fingerprint density at radius 3 is 2.73 bits per heavy atom. The molecule has 2 heterocycles. The van der Waals surface area contributed by atoms with Crippen LogP contribution in [-0.2, 0) is 0 Å². The highest BCUT2D eigenvalue weighted by atomic mass is 19.1. The molecule has 8 heteroatoms. The molecule has 1 fully saturated rings. The monoisotopic (exact) mass is 533 g/mol. The first-order valence-electron chi connectivity index (χ1n) is 13.5. The van der Waals surface area contributed by atoms with E-state index in [-0.39, 0.29) is 18.0 Å². The number of halogens is 1. The molecule has 0 aliphatic heterocycles. The quantitative estimate of drug-likeness (QED) is 0.209. The zero-order valence-electron chi connectivity index (χ0n) is 21.7. The molecule has 7 nitrogen and oxygen atoms in total. The normalized spacial score (nSPS) is 17.6. The van der Waals surface area contributed by atoms with Gasteiger partial charge in [-0.2, -0.15) is 0 Å². The van der Waals surface area contributed by atoms with E-state index in [0.29, 0.717) is 34.5 Å². The number of imidazole rings is 1. The average molecular weight is 534 g/mol. The molecule has 1 saturated carbocycles. The first-order valence-corrected chi connectivity index (χ1v) is 13.5. The number of benzene rings is 4. The van der Waals surface area contributed by atoms with Crippen LogP contribution in [0.3, 0.4) is 0 Å². The molecule has 40 heavy (non-hydrogen) atoms. The molecule has 1 aliphatic rings. The number of rotatable bonds is 5. The summed E-state index contributed by atoms with van der Waals surface area (Å²) in [6, 6.07) is 24.5. The number of hydrogen-bond acceptors (Lipinski definition) is 4. The Kier molecular flexibility index (Phi) is 5.78. The Morgan fingerprint density at radius 2 is 1.88 bits per heavy atom. The summed E-state index contributed by atoms with van der Waals surface area (Å²) < 4.78 is 16.0. The van der Waals surface area contributed by atoms with Gasteiger partial charge >= 0.3 is 0 Å². The molecule has 2 unspecified atom stereocenters. The number of para-hydroxylation sites is 1. The molecule has 6 aromatic rings. The Labute approximate surface area is 229 Å². The van der Waals surface area contributed by atoms with Gasteiger partial charge in [-0.3, -0.25) is 4.79 Å². The highest BCUT2D eigenvalue weighted by Gasteiger charge is 2.23. The molecule has 5 N–H and O–H groups in total. The van der Waals surface area contributed by atoms with E-state index in [1.165, 1.54) is 12.1 Å². The number of nitrogens with zero attached hydrogens (tertiary/aromatic N) is 2. The third-order valence-electron chi connectivity index (χ3n) is 7.93. The van der Waals surface area contributed by atoms with Crippen molar-refractivity contribution in [2.45, 2.75) is 37.8 Å². The largest absolute Gasteiger partial charge is 0.393 e. The van der Waals surface area contributed by atoms with E-state index in [4.69, 9.17) is 10.7 Å². The lowest BCUT2D eigenvalue weighted by molar-refractivity contribution is 0.100. The molecule has 0 saturated heterocycles. The second-order valence-corrected chi connectivity index (χ2v) is 10.6. The second kappa shape index (κ2) is 9.50. The van der Waals surface area contributed by atoms with Crippen LogP contribution in [0.2, 0.25) is 0 Å². The summed E-state index contributed by atoms with van der Waals surface area (Å²) in [6.45, 7) is 0. The van der Waals surface area contributed by atoms with E-state index in [0.717, 1.165) is 52.3 Å². The summed E-state index contributed by atoms with van der Waals surface area (Å²) in [6.07, 6.45) is 2.92. The van der Waals surface area contributed by atoms with Gasteiger partial charge in [-0.1, -0.05) is 30.3 Å². The van der Waals surface area contributed by atoms with Crippen LogP contribution < -0.4 is 11.1 Å². The summed E-state index contributed by atoms with van der Waals surface area (Å²) >= 11 is 0. The van der Waals surface area contributed by atoms with Gasteiger partial charge in [0.15, 0.2) is 0 Å². The van der Waals surface area contributed by atoms with Crippen LogP contribution in [0.1, 0.15) is 36.0 Å². The van der Waals surface area contributed by atoms with Gasteiger partial charge in [0.25, 0.3) is 5.91 Å². The maximum atomic E-state index is 13.9. The number of primary amides is 1. The molecule has 2 atom stereocenters. The fraction of sp³-hybridized carbons (Fsp3) is 0.188. The van der Waals surface area contributed by atoms with Crippen LogP contribution in [0, 0.1) is 5.82 Å². The number of nitrogens with one attached hydrogen (secondary N) is 2. The van der Waals surface area contributed by atoms with Crippen LogP contribution in [0.15, 0.2) is 78.9 Å². The lowest BCUT2D eigenvalue weighted by Gasteiger charge is -2.28. The Balaban J connectivity index is 1.42. The average Bonchev–Trinajstić information content (AvgIpc) is 3.51. The molecular formula is C32H28FN5O2. The predicted molar refractivity (Wildman–Crippen MR) is 156 cm³/mol. The highest BCUT2D eigenvalue weighted by molar-refractivity contribution is 6.15. The van der Waals surface area contributed by atoms with E-state index in [1.54, 1.807) is 12.1 Å². The van der Waals surface area contributed by atoms with Gasteiger partial charge in [0, 0.05) is 33.8 Å². The van der Waals surface area contributed by atoms with Crippen molar-refractivity contribution in [3.63, 3.8) is 0 Å². The Hall–Kier alpha value is -4.69. The van der Waals surface area contributed by atoms with Crippen LogP contribution in [0.5, 0.6) is 0 Å². The fourth-order valence-electron chi connectivity index (χ4n) is 6.12. The molecule has 2 aromatic heterocycles. The molecule has 4 aromatic carbocycles. The topological polar surface area (TPSA) is 109 Å². The summed E-state index contributed by atoms with van der Waals surface area (Å²) in [5.74, 6) is -0.156. The molecular weight excluding hydrogens is 505 g/mol. The smallest absolute Gasteiger partial charge is 0.250 e. The highest BCUT2D eigenvalue weighted by Crippen LogP contribution is 2.39. The Morgan fingerprint density at radius 1 is 1.02 bits per heavy atom. The molecule has 1 aliphatic carbocycles. The van der Waals surface area contributed by atoms with Crippen molar-refractivity contribution in [2.24, 2.45) is 5.73 Å². The number of aromatic amines is 1. The van der Waals surface area contributed by atoms with Gasteiger partial charge in [0.2, 0.25) is 0 Å². The van der Waals surface area contributed by atoms with E-state index in [1.807, 2.05) is 36.4 Å². The van der Waals surface area contributed by atoms with Crippen molar-refractivity contribution in [2.75, 3.05) is 5.32 Å². The van der Waals surface area contributed by atoms with E-state index >= 15 is 0 Å². The second-order valence-electron chi connectivity index (χ2n) is 10.6. The number of amides is 1. The lowest BCUT2D eigenvalue weighted by Crippen LogP contribution is -2.30. The first kappa shape index (κ1) is 24.4. The first-order chi connectivity index (χ1) is 19.5. The number of fused-ring (bicyclic) bond motifs is 4. The zero-order chi connectivity index (χ0) is 27.4. The van der Waals surface area contributed by atoms with Gasteiger partial charge in [-0.05, 0) is 74.2 Å². The minimum atomic E-state index is -0.503. The number of nitrogens with two attached hydrogens (primary N) is 1. The lowest BCUT2D eigenvalue weighted by atomic mass is 9.92. The Bertz CT molecular complexity index is 1920. The van der Waals surface area contributed by atoms with Crippen molar-refractivity contribution in [1.82, 2.24) is 14.5 Å². The number of aliphatic hydroxyl groups excluding tert-OH is 1. The van der Waals surface area contributed by atoms with E-state index in [2.05, 4.69) is 33.1 Å². The van der Waals surface area contributed by atoms with Crippen LogP contribution >= 0.6 is 0 Å². The molecule has 200 valence electrons. The number of anilines is 1. The van der Waals surface area contributed by atoms with Gasteiger partial charge in [-0.25, -0.2) is 9.37 Å². The van der Waals surface area contributed by atoms with Gasteiger partial charge in [0.1, 0.15) is 11.6 Å². The maximum Gasteiger partial charge on any atom is 0.250 e. The minimum absolute atomic E-state index is 0.0553. The van der Waals surface area contributed by atoms with E-state index in [9.17, 15) is 14.3 Å². The third-order valence-corrected chi connectivity index (χ3v) is 7.93. The van der Waals surface area contributed by atoms with Gasteiger partial charge in [-0.15, -0.1) is 0 Å². The van der Waals surface area contributed by atoms with Crippen LogP contribution in [-0.4, -0.2) is 37.7 Å². The number of aromatic nitrogens is 3. The van der Waals surface area contributed by atoms with Crippen molar-refractivity contribution in [1.29, 1.82) is 0 Å². The minimum Gasteiger partial charge on any atom is -0.393 e. The van der Waals surface area contributed by atoms with Crippen molar-refractivity contribution in [3.05, 3.63) is 90.2 Å². The van der Waals surface area contributed by atoms with Crippen molar-refractivity contribution < 1.29 is 14.3 Å². The molecule has 0 bridgehead atoms. The molecule has 7 rings (SSSR count). The van der Waals surface area contributed by atoms with Gasteiger partial charge in [0.05, 0.1) is 33.7 Å². The number of H-pyrrole nitrogens is 1.